The van der Waals surface area contributed by atoms with Gasteiger partial charge in [0.2, 0.25) is 0 Å². The number of aromatic nitrogens is 3. The zero-order valence-corrected chi connectivity index (χ0v) is 9.40. The minimum absolute atomic E-state index is 0.881. The lowest BCUT2D eigenvalue weighted by Crippen LogP contribution is -2.03. The van der Waals surface area contributed by atoms with Crippen molar-refractivity contribution in [2.45, 2.75) is 19.8 Å². The smallest absolute Gasteiger partial charge is 0.150 e. The van der Waals surface area contributed by atoms with E-state index in [-0.39, 0.29) is 0 Å². The number of H-pyrrole nitrogens is 1. The van der Waals surface area contributed by atoms with E-state index >= 15 is 0 Å². The molecule has 0 bridgehead atoms. The molecule has 4 heteroatoms. The summed E-state index contributed by atoms with van der Waals surface area (Å²) in [5.41, 5.74) is 1.16. The van der Waals surface area contributed by atoms with Crippen molar-refractivity contribution in [3.05, 3.63) is 42.0 Å². The molecule has 84 valence electrons. The second-order valence-electron chi connectivity index (χ2n) is 3.73. The third-order valence-corrected chi connectivity index (χ3v) is 2.32. The van der Waals surface area contributed by atoms with Crippen molar-refractivity contribution in [1.82, 2.24) is 15.2 Å². The van der Waals surface area contributed by atoms with E-state index in [1.165, 1.54) is 0 Å². The molecule has 0 unspecified atom stereocenters. The van der Waals surface area contributed by atoms with Crippen LogP contribution in [0.3, 0.4) is 0 Å². The monoisotopic (exact) mass is 216 g/mol. The van der Waals surface area contributed by atoms with Gasteiger partial charge < -0.3 is 5.32 Å². The van der Waals surface area contributed by atoms with Crippen LogP contribution < -0.4 is 5.32 Å². The first-order valence-corrected chi connectivity index (χ1v) is 5.51. The van der Waals surface area contributed by atoms with Crippen LogP contribution in [0.2, 0.25) is 0 Å². The van der Waals surface area contributed by atoms with Crippen molar-refractivity contribution in [3.63, 3.8) is 0 Å². The number of anilines is 1. The summed E-state index contributed by atoms with van der Waals surface area (Å²) in [5.74, 6) is 1.78. The number of nitrogens with one attached hydrogen (secondary N) is 2. The van der Waals surface area contributed by atoms with Crippen LogP contribution in [0.1, 0.15) is 18.1 Å². The molecule has 0 spiro atoms. The minimum Gasteiger partial charge on any atom is -0.385 e. The molecule has 0 saturated heterocycles. The van der Waals surface area contributed by atoms with Crippen molar-refractivity contribution in [1.29, 1.82) is 0 Å². The van der Waals surface area contributed by atoms with Gasteiger partial charge in [-0.25, -0.2) is 4.98 Å². The maximum atomic E-state index is 4.26. The second kappa shape index (κ2) is 5.30. The van der Waals surface area contributed by atoms with Gasteiger partial charge >= 0.3 is 0 Å². The lowest BCUT2D eigenvalue weighted by molar-refractivity contribution is 0.806. The standard InChI is InChI=1S/C12H16N4/c1-10-14-12(16-15-10)8-5-9-13-11-6-3-2-4-7-11/h2-4,6-7,13H,5,8-9H2,1H3,(H,14,15,16). The van der Waals surface area contributed by atoms with E-state index in [9.17, 15) is 0 Å². The maximum Gasteiger partial charge on any atom is 0.150 e. The van der Waals surface area contributed by atoms with Crippen LogP contribution >= 0.6 is 0 Å². The predicted molar refractivity (Wildman–Crippen MR) is 64.4 cm³/mol. The van der Waals surface area contributed by atoms with Gasteiger partial charge in [-0.1, -0.05) is 18.2 Å². The molecule has 1 heterocycles. The molecule has 4 nitrogen and oxygen atoms in total. The Morgan fingerprint density at radius 2 is 2.06 bits per heavy atom. The number of hydrogen-bond donors (Lipinski definition) is 2. The van der Waals surface area contributed by atoms with Gasteiger partial charge in [0.15, 0.2) is 5.82 Å². The highest BCUT2D eigenvalue weighted by Crippen LogP contribution is 2.05. The molecule has 2 aromatic rings. The van der Waals surface area contributed by atoms with Crippen LogP contribution in [0.25, 0.3) is 0 Å². The lowest BCUT2D eigenvalue weighted by atomic mass is 10.2. The zero-order chi connectivity index (χ0) is 11.2. The normalized spacial score (nSPS) is 10.3. The SMILES string of the molecule is Cc1nc(CCCNc2ccccc2)n[nH]1. The average Bonchev–Trinajstić information content (AvgIpc) is 2.72. The summed E-state index contributed by atoms with van der Waals surface area (Å²) in [4.78, 5) is 4.26. The van der Waals surface area contributed by atoms with E-state index in [0.29, 0.717) is 0 Å². The van der Waals surface area contributed by atoms with Crippen LogP contribution in [0.15, 0.2) is 30.3 Å². The number of benzene rings is 1. The Balaban J connectivity index is 1.69. The molecule has 0 aliphatic heterocycles. The summed E-state index contributed by atoms with van der Waals surface area (Å²) in [6, 6.07) is 10.2. The summed E-state index contributed by atoms with van der Waals surface area (Å²) in [6.07, 6.45) is 1.94. The largest absolute Gasteiger partial charge is 0.385 e. The van der Waals surface area contributed by atoms with Crippen molar-refractivity contribution in [3.8, 4) is 0 Å². The molecule has 0 atom stereocenters. The van der Waals surface area contributed by atoms with E-state index in [1.54, 1.807) is 0 Å². The Labute approximate surface area is 95.1 Å². The van der Waals surface area contributed by atoms with Gasteiger partial charge in [0.25, 0.3) is 0 Å². The van der Waals surface area contributed by atoms with Crippen molar-refractivity contribution >= 4 is 5.69 Å². The Morgan fingerprint density at radius 1 is 1.25 bits per heavy atom. The Bertz CT molecular complexity index is 422. The third kappa shape index (κ3) is 3.08. The molecule has 1 aromatic carbocycles. The van der Waals surface area contributed by atoms with Crippen molar-refractivity contribution in [2.24, 2.45) is 0 Å². The van der Waals surface area contributed by atoms with Gasteiger partial charge in [-0.15, -0.1) is 0 Å². The lowest BCUT2D eigenvalue weighted by Gasteiger charge is -2.04. The Hall–Kier alpha value is -1.84. The first kappa shape index (κ1) is 10.7. The molecule has 0 aliphatic rings. The molecule has 0 fully saturated rings. The number of para-hydroxylation sites is 1. The number of aromatic amines is 1. The van der Waals surface area contributed by atoms with E-state index < -0.39 is 0 Å². The van der Waals surface area contributed by atoms with E-state index in [0.717, 1.165) is 36.7 Å². The van der Waals surface area contributed by atoms with E-state index in [2.05, 4.69) is 32.6 Å². The number of rotatable bonds is 5. The highest BCUT2D eigenvalue weighted by molar-refractivity contribution is 5.42. The van der Waals surface area contributed by atoms with Gasteiger partial charge in [0, 0.05) is 18.7 Å². The average molecular weight is 216 g/mol. The number of hydrogen-bond acceptors (Lipinski definition) is 3. The molecule has 0 aliphatic carbocycles. The fraction of sp³-hybridized carbons (Fsp3) is 0.333. The molecule has 16 heavy (non-hydrogen) atoms. The summed E-state index contributed by atoms with van der Waals surface area (Å²) in [7, 11) is 0. The molecule has 2 N–H and O–H groups in total. The zero-order valence-electron chi connectivity index (χ0n) is 9.40. The first-order valence-electron chi connectivity index (χ1n) is 5.51. The molecular weight excluding hydrogens is 200 g/mol. The summed E-state index contributed by atoms with van der Waals surface area (Å²) < 4.78 is 0. The summed E-state index contributed by atoms with van der Waals surface area (Å²) >= 11 is 0. The molecule has 1 aromatic heterocycles. The fourth-order valence-electron chi connectivity index (χ4n) is 1.54. The topological polar surface area (TPSA) is 53.6 Å². The predicted octanol–water partition coefficient (Wildman–Crippen LogP) is 2.16. The van der Waals surface area contributed by atoms with E-state index in [1.807, 2.05) is 25.1 Å². The summed E-state index contributed by atoms with van der Waals surface area (Å²) in [6.45, 7) is 2.86. The molecule has 0 saturated carbocycles. The van der Waals surface area contributed by atoms with Crippen LogP contribution in [-0.4, -0.2) is 21.7 Å². The van der Waals surface area contributed by atoms with Crippen LogP contribution in [0, 0.1) is 6.92 Å². The van der Waals surface area contributed by atoms with Crippen LogP contribution in [-0.2, 0) is 6.42 Å². The van der Waals surface area contributed by atoms with Gasteiger partial charge in [0.05, 0.1) is 0 Å². The maximum absolute atomic E-state index is 4.26. The summed E-state index contributed by atoms with van der Waals surface area (Å²) in [5, 5.41) is 10.3. The number of aryl methyl sites for hydroxylation is 2. The first-order chi connectivity index (χ1) is 7.84. The highest BCUT2D eigenvalue weighted by Gasteiger charge is 1.98. The Kier molecular flexibility index (Phi) is 3.53. The molecule has 2 rings (SSSR count). The van der Waals surface area contributed by atoms with Gasteiger partial charge in [-0.05, 0) is 25.5 Å². The second-order valence-corrected chi connectivity index (χ2v) is 3.73. The molecule has 0 amide bonds. The van der Waals surface area contributed by atoms with E-state index in [4.69, 9.17) is 0 Å². The fourth-order valence-corrected chi connectivity index (χ4v) is 1.54. The number of nitrogens with zero attached hydrogens (tertiary/aromatic N) is 2. The van der Waals surface area contributed by atoms with Gasteiger partial charge in [0.1, 0.15) is 5.82 Å². The quantitative estimate of drug-likeness (QED) is 0.753. The van der Waals surface area contributed by atoms with Crippen LogP contribution in [0.5, 0.6) is 0 Å². The third-order valence-electron chi connectivity index (χ3n) is 2.32. The van der Waals surface area contributed by atoms with Crippen molar-refractivity contribution in [2.75, 3.05) is 11.9 Å². The minimum atomic E-state index is 0.881. The van der Waals surface area contributed by atoms with Crippen molar-refractivity contribution < 1.29 is 0 Å². The molecule has 0 radical (unpaired) electrons. The van der Waals surface area contributed by atoms with Gasteiger partial charge in [-0.2, -0.15) is 5.10 Å². The highest BCUT2D eigenvalue weighted by atomic mass is 15.2. The molecular formula is C12H16N4. The Morgan fingerprint density at radius 3 is 2.75 bits per heavy atom. The van der Waals surface area contributed by atoms with Gasteiger partial charge in [-0.3, -0.25) is 5.10 Å². The van der Waals surface area contributed by atoms with Crippen LogP contribution in [0.4, 0.5) is 5.69 Å².